The van der Waals surface area contributed by atoms with E-state index in [0.717, 1.165) is 18.2 Å². The molecule has 24 heavy (non-hydrogen) atoms. The maximum atomic E-state index is 12.7. The normalized spacial score (nSPS) is 11.6. The molecule has 0 radical (unpaired) electrons. The quantitative estimate of drug-likeness (QED) is 0.615. The van der Waals surface area contributed by atoms with E-state index in [9.17, 15) is 13.2 Å². The molecule has 0 aliphatic carbocycles. The molecule has 0 saturated carbocycles. The second kappa shape index (κ2) is 7.44. The third-order valence-corrected chi connectivity index (χ3v) is 3.45. The number of hydrogen-bond acceptors (Lipinski definition) is 4. The number of benzene rings is 2. The molecule has 8 heteroatoms. The molecular formula is C16H14ClF3N2O2. The minimum Gasteiger partial charge on any atom is -0.493 e. The van der Waals surface area contributed by atoms with E-state index in [0.29, 0.717) is 17.1 Å². The van der Waals surface area contributed by atoms with Crippen LogP contribution in [-0.2, 0) is 6.18 Å². The SMILES string of the molecule is COc1cccc(C=NNc2cc(C(F)(F)F)ccc2Cl)c1OC. The number of rotatable bonds is 5. The summed E-state index contributed by atoms with van der Waals surface area (Å²) < 4.78 is 48.6. The first kappa shape index (κ1) is 17.9. The molecule has 2 aromatic rings. The zero-order valence-electron chi connectivity index (χ0n) is 12.8. The predicted molar refractivity (Wildman–Crippen MR) is 87.2 cm³/mol. The van der Waals surface area contributed by atoms with Crippen LogP contribution in [0.2, 0.25) is 5.02 Å². The van der Waals surface area contributed by atoms with Crippen LogP contribution in [0.3, 0.4) is 0 Å². The standard InChI is InChI=1S/C16H14ClF3N2O2/c1-23-14-5-3-4-10(15(14)24-2)9-21-22-13-8-11(16(18,19)20)6-7-12(13)17/h3-9,22H,1-2H3. The van der Waals surface area contributed by atoms with Crippen molar-refractivity contribution in [2.75, 3.05) is 19.6 Å². The minimum absolute atomic E-state index is 0.0459. The van der Waals surface area contributed by atoms with E-state index in [1.165, 1.54) is 20.4 Å². The number of nitrogens with one attached hydrogen (secondary N) is 1. The fraction of sp³-hybridized carbons (Fsp3) is 0.188. The molecule has 0 aliphatic heterocycles. The van der Waals surface area contributed by atoms with Gasteiger partial charge in [0.2, 0.25) is 0 Å². The number of halogens is 4. The maximum absolute atomic E-state index is 12.7. The molecule has 0 unspecified atom stereocenters. The van der Waals surface area contributed by atoms with Crippen molar-refractivity contribution < 1.29 is 22.6 Å². The van der Waals surface area contributed by atoms with Crippen molar-refractivity contribution in [3.8, 4) is 11.5 Å². The van der Waals surface area contributed by atoms with Crippen molar-refractivity contribution in [2.24, 2.45) is 5.10 Å². The summed E-state index contributed by atoms with van der Waals surface area (Å²) in [4.78, 5) is 0. The van der Waals surface area contributed by atoms with Gasteiger partial charge in [-0.2, -0.15) is 18.3 Å². The van der Waals surface area contributed by atoms with Crippen LogP contribution >= 0.6 is 11.6 Å². The maximum Gasteiger partial charge on any atom is 0.416 e. The first-order valence-electron chi connectivity index (χ1n) is 6.73. The highest BCUT2D eigenvalue weighted by molar-refractivity contribution is 6.33. The molecule has 0 heterocycles. The Hall–Kier alpha value is -2.41. The summed E-state index contributed by atoms with van der Waals surface area (Å²) in [5.41, 5.74) is 2.32. The number of hydrogen-bond donors (Lipinski definition) is 1. The number of hydrazone groups is 1. The van der Waals surface area contributed by atoms with Crippen molar-refractivity contribution in [1.82, 2.24) is 0 Å². The Morgan fingerprint density at radius 3 is 2.50 bits per heavy atom. The second-order valence-electron chi connectivity index (χ2n) is 4.65. The molecular weight excluding hydrogens is 345 g/mol. The molecule has 0 fully saturated rings. The Bertz CT molecular complexity index is 749. The van der Waals surface area contributed by atoms with Crippen molar-refractivity contribution in [2.45, 2.75) is 6.18 Å². The molecule has 0 saturated heterocycles. The van der Waals surface area contributed by atoms with E-state index in [1.54, 1.807) is 18.2 Å². The third-order valence-electron chi connectivity index (χ3n) is 3.12. The molecule has 0 amide bonds. The minimum atomic E-state index is -4.46. The Labute approximate surface area is 141 Å². The van der Waals surface area contributed by atoms with Crippen LogP contribution in [0.4, 0.5) is 18.9 Å². The lowest BCUT2D eigenvalue weighted by atomic mass is 10.2. The van der Waals surface area contributed by atoms with Crippen LogP contribution in [0.15, 0.2) is 41.5 Å². The van der Waals surface area contributed by atoms with Crippen LogP contribution in [0.5, 0.6) is 11.5 Å². The molecule has 0 spiro atoms. The van der Waals surface area contributed by atoms with Gasteiger partial charge in [0.05, 0.1) is 36.7 Å². The van der Waals surface area contributed by atoms with Gasteiger partial charge in [-0.05, 0) is 30.3 Å². The number of methoxy groups -OCH3 is 2. The van der Waals surface area contributed by atoms with E-state index in [-0.39, 0.29) is 10.7 Å². The molecule has 0 aliphatic rings. The molecule has 0 aromatic heterocycles. The average molecular weight is 359 g/mol. The summed E-state index contributed by atoms with van der Waals surface area (Å²) in [6, 6.07) is 8.13. The van der Waals surface area contributed by atoms with E-state index in [4.69, 9.17) is 21.1 Å². The summed E-state index contributed by atoms with van der Waals surface area (Å²) in [6.45, 7) is 0. The molecule has 0 bridgehead atoms. The van der Waals surface area contributed by atoms with E-state index < -0.39 is 11.7 Å². The highest BCUT2D eigenvalue weighted by Gasteiger charge is 2.30. The number of para-hydroxylation sites is 1. The zero-order chi connectivity index (χ0) is 17.7. The van der Waals surface area contributed by atoms with Gasteiger partial charge >= 0.3 is 6.18 Å². The first-order chi connectivity index (χ1) is 11.4. The number of ether oxygens (including phenoxy) is 2. The summed E-state index contributed by atoms with van der Waals surface area (Å²) in [5, 5.41) is 4.04. The van der Waals surface area contributed by atoms with Gasteiger partial charge in [-0.15, -0.1) is 0 Å². The number of alkyl halides is 3. The van der Waals surface area contributed by atoms with Crippen LogP contribution in [-0.4, -0.2) is 20.4 Å². The number of nitrogens with zero attached hydrogens (tertiary/aromatic N) is 1. The Morgan fingerprint density at radius 2 is 1.88 bits per heavy atom. The van der Waals surface area contributed by atoms with Gasteiger partial charge < -0.3 is 9.47 Å². The molecule has 128 valence electrons. The van der Waals surface area contributed by atoms with Crippen LogP contribution in [0, 0.1) is 0 Å². The van der Waals surface area contributed by atoms with Gasteiger partial charge in [0.25, 0.3) is 0 Å². The predicted octanol–water partition coefficient (Wildman–Crippen LogP) is 4.82. The van der Waals surface area contributed by atoms with E-state index in [1.807, 2.05) is 0 Å². The Balaban J connectivity index is 2.24. The molecule has 2 aromatic carbocycles. The zero-order valence-corrected chi connectivity index (χ0v) is 13.6. The molecule has 4 nitrogen and oxygen atoms in total. The van der Waals surface area contributed by atoms with Crippen LogP contribution in [0.25, 0.3) is 0 Å². The van der Waals surface area contributed by atoms with Gasteiger partial charge in [-0.25, -0.2) is 0 Å². The van der Waals surface area contributed by atoms with Gasteiger partial charge in [-0.1, -0.05) is 17.7 Å². The lowest BCUT2D eigenvalue weighted by Crippen LogP contribution is -2.05. The Kier molecular flexibility index (Phi) is 5.56. The van der Waals surface area contributed by atoms with Crippen molar-refractivity contribution in [3.63, 3.8) is 0 Å². The summed E-state index contributed by atoms with van der Waals surface area (Å²) >= 11 is 5.89. The molecule has 1 N–H and O–H groups in total. The third kappa shape index (κ3) is 4.11. The second-order valence-corrected chi connectivity index (χ2v) is 5.05. The van der Waals surface area contributed by atoms with Gasteiger partial charge in [0.1, 0.15) is 0 Å². The Morgan fingerprint density at radius 1 is 1.12 bits per heavy atom. The fourth-order valence-corrected chi connectivity index (χ4v) is 2.13. The highest BCUT2D eigenvalue weighted by atomic mass is 35.5. The largest absolute Gasteiger partial charge is 0.493 e. The summed E-state index contributed by atoms with van der Waals surface area (Å²) in [6.07, 6.45) is -3.06. The van der Waals surface area contributed by atoms with Crippen LogP contribution < -0.4 is 14.9 Å². The van der Waals surface area contributed by atoms with Gasteiger partial charge in [-0.3, -0.25) is 5.43 Å². The smallest absolute Gasteiger partial charge is 0.416 e. The summed E-state index contributed by atoms with van der Waals surface area (Å²) in [5.74, 6) is 0.972. The average Bonchev–Trinajstić information content (AvgIpc) is 2.55. The van der Waals surface area contributed by atoms with Gasteiger partial charge in [0.15, 0.2) is 11.5 Å². The molecule has 0 atom stereocenters. The van der Waals surface area contributed by atoms with Crippen molar-refractivity contribution in [3.05, 3.63) is 52.5 Å². The lowest BCUT2D eigenvalue weighted by molar-refractivity contribution is -0.137. The van der Waals surface area contributed by atoms with Gasteiger partial charge in [0, 0.05) is 5.56 Å². The first-order valence-corrected chi connectivity index (χ1v) is 7.11. The van der Waals surface area contributed by atoms with E-state index in [2.05, 4.69) is 10.5 Å². The highest BCUT2D eigenvalue weighted by Crippen LogP contribution is 2.34. The van der Waals surface area contributed by atoms with E-state index >= 15 is 0 Å². The van der Waals surface area contributed by atoms with Crippen LogP contribution in [0.1, 0.15) is 11.1 Å². The fourth-order valence-electron chi connectivity index (χ4n) is 1.97. The monoisotopic (exact) mass is 358 g/mol. The van der Waals surface area contributed by atoms with Crippen molar-refractivity contribution in [1.29, 1.82) is 0 Å². The number of anilines is 1. The van der Waals surface area contributed by atoms with Crippen molar-refractivity contribution >= 4 is 23.5 Å². The lowest BCUT2D eigenvalue weighted by Gasteiger charge is -2.11. The summed E-state index contributed by atoms with van der Waals surface area (Å²) in [7, 11) is 2.98. The molecule has 2 rings (SSSR count). The topological polar surface area (TPSA) is 42.8 Å².